The molecule has 7 heteroatoms. The van der Waals surface area contributed by atoms with Crippen LogP contribution in [0.1, 0.15) is 23.0 Å². The summed E-state index contributed by atoms with van der Waals surface area (Å²) in [6.45, 7) is 0.465. The van der Waals surface area contributed by atoms with Crippen LogP contribution in [-0.4, -0.2) is 23.6 Å². The molecule has 0 fully saturated rings. The quantitative estimate of drug-likeness (QED) is 0.914. The highest BCUT2D eigenvalue weighted by Crippen LogP contribution is 2.17. The lowest BCUT2D eigenvalue weighted by Gasteiger charge is -2.08. The maximum Gasteiger partial charge on any atom is 0.405 e. The number of pyridine rings is 1. The van der Waals surface area contributed by atoms with Crippen LogP contribution in [0.2, 0.25) is 5.02 Å². The van der Waals surface area contributed by atoms with E-state index in [0.717, 1.165) is 5.56 Å². The number of aryl methyl sites for hydroxylation is 1. The molecule has 1 rings (SSSR count). The second-order valence-corrected chi connectivity index (χ2v) is 3.72. The summed E-state index contributed by atoms with van der Waals surface area (Å²) in [5.74, 6) is -0.896. The molecular weight excluding hydrogens is 257 g/mol. The predicted molar refractivity (Wildman–Crippen MR) is 57.0 cm³/mol. The molecule has 1 aromatic rings. The van der Waals surface area contributed by atoms with E-state index in [4.69, 9.17) is 11.6 Å². The Morgan fingerprint density at radius 3 is 2.65 bits per heavy atom. The summed E-state index contributed by atoms with van der Waals surface area (Å²) in [4.78, 5) is 15.1. The van der Waals surface area contributed by atoms with Crippen molar-refractivity contribution in [2.45, 2.75) is 19.5 Å². The van der Waals surface area contributed by atoms with Gasteiger partial charge >= 0.3 is 6.18 Å². The standard InChI is InChI=1S/C10H10ClF3N2O/c1-2-6-4-15-8(3-7(6)11)9(17)16-5-10(12,13)14/h3-4H,2,5H2,1H3,(H,16,17). The largest absolute Gasteiger partial charge is 0.405 e. The average molecular weight is 267 g/mol. The van der Waals surface area contributed by atoms with E-state index < -0.39 is 18.6 Å². The third kappa shape index (κ3) is 4.22. The molecule has 0 atom stereocenters. The number of alkyl halides is 3. The molecule has 1 aromatic heterocycles. The molecule has 0 saturated heterocycles. The van der Waals surface area contributed by atoms with E-state index in [0.29, 0.717) is 11.4 Å². The fourth-order valence-corrected chi connectivity index (χ4v) is 1.40. The van der Waals surface area contributed by atoms with Gasteiger partial charge in [-0.3, -0.25) is 9.78 Å². The number of carbonyl (C=O) groups is 1. The lowest BCUT2D eigenvalue weighted by atomic mass is 10.2. The predicted octanol–water partition coefficient (Wildman–Crippen LogP) is 2.59. The normalized spacial score (nSPS) is 11.4. The smallest absolute Gasteiger partial charge is 0.342 e. The monoisotopic (exact) mass is 266 g/mol. The zero-order valence-electron chi connectivity index (χ0n) is 8.94. The molecule has 0 bridgehead atoms. The minimum absolute atomic E-state index is 0.128. The second-order valence-electron chi connectivity index (χ2n) is 3.31. The molecule has 0 aliphatic carbocycles. The van der Waals surface area contributed by atoms with Crippen LogP contribution in [0.25, 0.3) is 0 Å². The van der Waals surface area contributed by atoms with Crippen molar-refractivity contribution in [3.8, 4) is 0 Å². The van der Waals surface area contributed by atoms with Gasteiger partial charge in [-0.25, -0.2) is 0 Å². The summed E-state index contributed by atoms with van der Waals surface area (Å²) in [5.41, 5.74) is 0.607. The Morgan fingerprint density at radius 2 is 2.18 bits per heavy atom. The van der Waals surface area contributed by atoms with Gasteiger partial charge in [0.1, 0.15) is 12.2 Å². The number of hydrogen-bond acceptors (Lipinski definition) is 2. The number of amides is 1. The molecule has 1 heterocycles. The molecule has 0 unspecified atom stereocenters. The highest BCUT2D eigenvalue weighted by molar-refractivity contribution is 6.31. The van der Waals surface area contributed by atoms with Crippen molar-refractivity contribution in [1.82, 2.24) is 10.3 Å². The van der Waals surface area contributed by atoms with Crippen LogP contribution in [0.4, 0.5) is 13.2 Å². The molecule has 1 amide bonds. The van der Waals surface area contributed by atoms with Gasteiger partial charge in [0.2, 0.25) is 0 Å². The van der Waals surface area contributed by atoms with E-state index in [1.165, 1.54) is 12.3 Å². The Hall–Kier alpha value is -1.30. The summed E-state index contributed by atoms with van der Waals surface area (Å²) >= 11 is 5.82. The molecule has 0 radical (unpaired) electrons. The van der Waals surface area contributed by atoms with E-state index in [1.54, 1.807) is 5.32 Å². The number of aromatic nitrogens is 1. The number of halogens is 4. The number of rotatable bonds is 3. The van der Waals surface area contributed by atoms with Crippen molar-refractivity contribution in [2.75, 3.05) is 6.54 Å². The van der Waals surface area contributed by atoms with Crippen LogP contribution in [0, 0.1) is 0 Å². The Morgan fingerprint density at radius 1 is 1.53 bits per heavy atom. The Kier molecular flexibility index (Phi) is 4.34. The third-order valence-electron chi connectivity index (χ3n) is 1.99. The lowest BCUT2D eigenvalue weighted by Crippen LogP contribution is -2.34. The van der Waals surface area contributed by atoms with Crippen molar-refractivity contribution >= 4 is 17.5 Å². The molecule has 0 spiro atoms. The molecule has 0 aliphatic heterocycles. The lowest BCUT2D eigenvalue weighted by molar-refractivity contribution is -0.123. The Balaban J connectivity index is 2.73. The number of hydrogen-bond donors (Lipinski definition) is 1. The van der Waals surface area contributed by atoms with Crippen molar-refractivity contribution in [3.05, 3.63) is 28.5 Å². The van der Waals surface area contributed by atoms with Gasteiger partial charge in [0.15, 0.2) is 0 Å². The van der Waals surface area contributed by atoms with E-state index in [9.17, 15) is 18.0 Å². The van der Waals surface area contributed by atoms with Crippen molar-refractivity contribution < 1.29 is 18.0 Å². The van der Waals surface area contributed by atoms with E-state index in [2.05, 4.69) is 4.98 Å². The Labute approximate surface area is 101 Å². The van der Waals surface area contributed by atoms with E-state index in [1.807, 2.05) is 6.92 Å². The topological polar surface area (TPSA) is 42.0 Å². The minimum Gasteiger partial charge on any atom is -0.342 e. The van der Waals surface area contributed by atoms with Crippen LogP contribution in [-0.2, 0) is 6.42 Å². The summed E-state index contributed by atoms with van der Waals surface area (Å²) in [6, 6.07) is 1.26. The highest BCUT2D eigenvalue weighted by atomic mass is 35.5. The fourth-order valence-electron chi connectivity index (χ4n) is 1.11. The molecular formula is C10H10ClF3N2O. The van der Waals surface area contributed by atoms with Gasteiger partial charge in [-0.1, -0.05) is 18.5 Å². The molecule has 0 aromatic carbocycles. The maximum absolute atomic E-state index is 11.9. The van der Waals surface area contributed by atoms with E-state index >= 15 is 0 Å². The summed E-state index contributed by atoms with van der Waals surface area (Å²) in [5, 5.41) is 2.04. The van der Waals surface area contributed by atoms with Gasteiger partial charge in [-0.2, -0.15) is 13.2 Å². The van der Waals surface area contributed by atoms with Crippen molar-refractivity contribution in [3.63, 3.8) is 0 Å². The first-order valence-electron chi connectivity index (χ1n) is 4.83. The molecule has 17 heavy (non-hydrogen) atoms. The van der Waals surface area contributed by atoms with Crippen LogP contribution in [0.3, 0.4) is 0 Å². The number of nitrogens with zero attached hydrogens (tertiary/aromatic N) is 1. The zero-order chi connectivity index (χ0) is 13.1. The number of nitrogens with one attached hydrogen (secondary N) is 1. The van der Waals surface area contributed by atoms with Crippen molar-refractivity contribution in [2.24, 2.45) is 0 Å². The van der Waals surface area contributed by atoms with Crippen LogP contribution in [0.5, 0.6) is 0 Å². The Bertz CT molecular complexity index is 421. The van der Waals surface area contributed by atoms with Gasteiger partial charge < -0.3 is 5.32 Å². The molecule has 94 valence electrons. The summed E-state index contributed by atoms with van der Waals surface area (Å²) < 4.78 is 35.6. The second kappa shape index (κ2) is 5.35. The summed E-state index contributed by atoms with van der Waals surface area (Å²) in [7, 11) is 0. The van der Waals surface area contributed by atoms with Crippen molar-refractivity contribution in [1.29, 1.82) is 0 Å². The summed E-state index contributed by atoms with van der Waals surface area (Å²) in [6.07, 6.45) is -2.43. The van der Waals surface area contributed by atoms with Gasteiger partial charge in [-0.15, -0.1) is 0 Å². The SMILES string of the molecule is CCc1cnc(C(=O)NCC(F)(F)F)cc1Cl. The first-order valence-corrected chi connectivity index (χ1v) is 5.20. The van der Waals surface area contributed by atoms with Crippen LogP contribution < -0.4 is 5.32 Å². The molecule has 3 nitrogen and oxygen atoms in total. The molecule has 0 aliphatic rings. The molecule has 1 N–H and O–H groups in total. The number of carbonyl (C=O) groups excluding carboxylic acids is 1. The van der Waals surface area contributed by atoms with Gasteiger partial charge in [0.25, 0.3) is 5.91 Å². The highest BCUT2D eigenvalue weighted by Gasteiger charge is 2.28. The van der Waals surface area contributed by atoms with Crippen LogP contribution in [0.15, 0.2) is 12.3 Å². The zero-order valence-corrected chi connectivity index (χ0v) is 9.69. The average Bonchev–Trinajstić information content (AvgIpc) is 2.24. The van der Waals surface area contributed by atoms with E-state index in [-0.39, 0.29) is 5.69 Å². The van der Waals surface area contributed by atoms with Gasteiger partial charge in [0, 0.05) is 11.2 Å². The first-order chi connectivity index (χ1) is 7.83. The minimum atomic E-state index is -4.44. The fraction of sp³-hybridized carbons (Fsp3) is 0.400. The van der Waals surface area contributed by atoms with Crippen LogP contribution >= 0.6 is 11.6 Å². The van der Waals surface area contributed by atoms with Gasteiger partial charge in [-0.05, 0) is 18.1 Å². The van der Waals surface area contributed by atoms with Gasteiger partial charge in [0.05, 0.1) is 0 Å². The molecule has 0 saturated carbocycles. The maximum atomic E-state index is 11.9. The third-order valence-corrected chi connectivity index (χ3v) is 2.34. The first kappa shape index (κ1) is 13.8.